The molecular formula is C31H37N3O2. The molecule has 2 aliphatic carbocycles. The Balaban J connectivity index is 1.02. The summed E-state index contributed by atoms with van der Waals surface area (Å²) in [5, 5.41) is 4.43. The van der Waals surface area contributed by atoms with Crippen LogP contribution in [0, 0.1) is 17.3 Å². The molecule has 188 valence electrons. The first-order chi connectivity index (χ1) is 17.6. The zero-order chi connectivity index (χ0) is 24.5. The monoisotopic (exact) mass is 483 g/mol. The lowest BCUT2D eigenvalue weighted by atomic mass is 9.82. The van der Waals surface area contributed by atoms with Gasteiger partial charge < -0.3 is 15.2 Å². The van der Waals surface area contributed by atoms with Crippen molar-refractivity contribution in [2.24, 2.45) is 17.3 Å². The number of H-pyrrole nitrogens is 1. The van der Waals surface area contributed by atoms with Crippen molar-refractivity contribution in [3.8, 4) is 0 Å². The van der Waals surface area contributed by atoms with Crippen LogP contribution in [0.3, 0.4) is 0 Å². The Labute approximate surface area is 213 Å². The van der Waals surface area contributed by atoms with Crippen LogP contribution in [-0.2, 0) is 16.0 Å². The molecule has 5 heteroatoms. The highest BCUT2D eigenvalue weighted by Gasteiger charge is 2.58. The first kappa shape index (κ1) is 23.3. The zero-order valence-corrected chi connectivity index (χ0v) is 21.0. The van der Waals surface area contributed by atoms with Crippen molar-refractivity contribution in [2.45, 2.75) is 57.3 Å². The summed E-state index contributed by atoms with van der Waals surface area (Å²) in [7, 11) is 0. The summed E-state index contributed by atoms with van der Waals surface area (Å²) in [6.07, 6.45) is 10.5. The lowest BCUT2D eigenvalue weighted by Gasteiger charge is -2.36. The number of nitrogens with zero attached hydrogens (tertiary/aromatic N) is 1. The first-order valence-electron chi connectivity index (χ1n) is 13.8. The minimum absolute atomic E-state index is 0.00874. The summed E-state index contributed by atoms with van der Waals surface area (Å²) in [6.45, 7) is 2.24. The third kappa shape index (κ3) is 4.44. The second kappa shape index (κ2) is 9.76. The maximum atomic E-state index is 13.7. The number of carbonyl (C=O) groups excluding carboxylic acids is 2. The maximum absolute atomic E-state index is 13.7. The Kier molecular flexibility index (Phi) is 6.32. The van der Waals surface area contributed by atoms with Crippen LogP contribution in [0.1, 0.15) is 62.0 Å². The van der Waals surface area contributed by atoms with Gasteiger partial charge in [0.25, 0.3) is 0 Å². The molecule has 3 aromatic rings. The SMILES string of the molecule is O=C(NCCc1c[nH]c2ccccc12)[C@H]1CC12CCN(C(=O)[C@@H](c1ccccc1)C1CCCC1)CC2. The van der Waals surface area contributed by atoms with Crippen LogP contribution in [0.2, 0.25) is 0 Å². The van der Waals surface area contributed by atoms with Crippen LogP contribution < -0.4 is 5.32 Å². The molecule has 2 heterocycles. The predicted octanol–water partition coefficient (Wildman–Crippen LogP) is 5.43. The summed E-state index contributed by atoms with van der Waals surface area (Å²) in [6, 6.07) is 18.7. The van der Waals surface area contributed by atoms with Crippen LogP contribution in [-0.4, -0.2) is 41.3 Å². The minimum Gasteiger partial charge on any atom is -0.361 e. The van der Waals surface area contributed by atoms with E-state index in [9.17, 15) is 9.59 Å². The number of hydrogen-bond donors (Lipinski definition) is 2. The van der Waals surface area contributed by atoms with Crippen molar-refractivity contribution >= 4 is 22.7 Å². The van der Waals surface area contributed by atoms with E-state index in [1.807, 2.05) is 12.1 Å². The van der Waals surface area contributed by atoms with Crippen LogP contribution >= 0.6 is 0 Å². The number of likely N-dealkylation sites (tertiary alicyclic amines) is 1. The van der Waals surface area contributed by atoms with Crippen molar-refractivity contribution in [3.63, 3.8) is 0 Å². The number of hydrogen-bond acceptors (Lipinski definition) is 2. The molecular weight excluding hydrogens is 446 g/mol. The second-order valence-corrected chi connectivity index (χ2v) is 11.3. The van der Waals surface area contributed by atoms with Gasteiger partial charge in [0, 0.05) is 42.7 Å². The minimum atomic E-state index is -0.00874. The molecule has 0 radical (unpaired) electrons. The fourth-order valence-corrected chi connectivity index (χ4v) is 6.99. The molecule has 0 unspecified atom stereocenters. The number of benzene rings is 2. The third-order valence-electron chi connectivity index (χ3n) is 9.24. The Hall–Kier alpha value is -3.08. The van der Waals surface area contributed by atoms with Gasteiger partial charge in [0.2, 0.25) is 11.8 Å². The number of piperidine rings is 1. The molecule has 5 nitrogen and oxygen atoms in total. The first-order valence-corrected chi connectivity index (χ1v) is 13.8. The molecule has 0 bridgehead atoms. The number of nitrogens with one attached hydrogen (secondary N) is 2. The number of para-hydroxylation sites is 1. The number of aromatic amines is 1. The van der Waals surface area contributed by atoms with E-state index in [0.29, 0.717) is 18.4 Å². The summed E-state index contributed by atoms with van der Waals surface area (Å²) < 4.78 is 0. The van der Waals surface area contributed by atoms with Crippen molar-refractivity contribution in [1.29, 1.82) is 0 Å². The summed E-state index contributed by atoms with van der Waals surface area (Å²) in [5.74, 6) is 1.07. The fourth-order valence-electron chi connectivity index (χ4n) is 6.99. The Morgan fingerprint density at radius 3 is 2.50 bits per heavy atom. The smallest absolute Gasteiger partial charge is 0.230 e. The molecule has 1 saturated heterocycles. The average Bonchev–Trinajstić information content (AvgIpc) is 3.24. The van der Waals surface area contributed by atoms with Crippen molar-refractivity contribution in [3.05, 3.63) is 71.9 Å². The highest BCUT2D eigenvalue weighted by molar-refractivity contribution is 5.85. The van der Waals surface area contributed by atoms with Gasteiger partial charge in [-0.3, -0.25) is 9.59 Å². The quantitative estimate of drug-likeness (QED) is 0.471. The van der Waals surface area contributed by atoms with Crippen LogP contribution in [0.4, 0.5) is 0 Å². The van der Waals surface area contributed by atoms with Gasteiger partial charge >= 0.3 is 0 Å². The summed E-state index contributed by atoms with van der Waals surface area (Å²) in [4.78, 5) is 32.1. The van der Waals surface area contributed by atoms with Gasteiger partial charge in [-0.25, -0.2) is 0 Å². The molecule has 2 N–H and O–H groups in total. The van der Waals surface area contributed by atoms with Crippen LogP contribution in [0.15, 0.2) is 60.8 Å². The standard InChI is InChI=1S/C31H37N3O2/c35-29(32-17-14-24-21-33-27-13-7-6-12-25(24)27)26-20-31(26)15-18-34(19-16-31)30(36)28(23-10-4-5-11-23)22-8-2-1-3-9-22/h1-3,6-9,12-13,21,23,26,28,33H,4-5,10-11,14-20H2,(H,32,35)/t26-,28+/m1/s1. The number of aromatic nitrogens is 1. The average molecular weight is 484 g/mol. The third-order valence-corrected chi connectivity index (χ3v) is 9.24. The molecule has 2 saturated carbocycles. The van der Waals surface area contributed by atoms with E-state index in [2.05, 4.69) is 63.9 Å². The lowest BCUT2D eigenvalue weighted by molar-refractivity contribution is -0.135. The summed E-state index contributed by atoms with van der Waals surface area (Å²) >= 11 is 0. The number of carbonyl (C=O) groups is 2. The second-order valence-electron chi connectivity index (χ2n) is 11.3. The molecule has 1 aromatic heterocycles. The van der Waals surface area contributed by atoms with Gasteiger partial charge in [-0.05, 0) is 67.1 Å². The van der Waals surface area contributed by atoms with Gasteiger partial charge in [0.15, 0.2) is 0 Å². The van der Waals surface area contributed by atoms with Crippen LogP contribution in [0.5, 0.6) is 0 Å². The van der Waals surface area contributed by atoms with Crippen molar-refractivity contribution < 1.29 is 9.59 Å². The van der Waals surface area contributed by atoms with E-state index < -0.39 is 0 Å². The normalized spacial score (nSPS) is 22.1. The molecule has 36 heavy (non-hydrogen) atoms. The van der Waals surface area contributed by atoms with Gasteiger partial charge in [0.05, 0.1) is 5.92 Å². The highest BCUT2D eigenvalue weighted by atomic mass is 16.2. The molecule has 2 aromatic carbocycles. The van der Waals surface area contributed by atoms with E-state index in [1.54, 1.807) is 0 Å². The van der Waals surface area contributed by atoms with Gasteiger partial charge in [-0.2, -0.15) is 0 Å². The van der Waals surface area contributed by atoms with E-state index >= 15 is 0 Å². The Morgan fingerprint density at radius 1 is 1.00 bits per heavy atom. The highest BCUT2D eigenvalue weighted by Crippen LogP contribution is 2.59. The summed E-state index contributed by atoms with van der Waals surface area (Å²) in [5.41, 5.74) is 3.67. The Bertz CT molecular complexity index is 1220. The van der Waals surface area contributed by atoms with Gasteiger partial charge in [-0.1, -0.05) is 61.4 Å². The molecule has 1 aliphatic heterocycles. The topological polar surface area (TPSA) is 65.2 Å². The van der Waals surface area contributed by atoms with Crippen LogP contribution in [0.25, 0.3) is 10.9 Å². The fraction of sp³-hybridized carbons (Fsp3) is 0.484. The lowest BCUT2D eigenvalue weighted by Crippen LogP contribution is -2.44. The van der Waals surface area contributed by atoms with E-state index in [1.165, 1.54) is 29.4 Å². The molecule has 6 rings (SSSR count). The Morgan fingerprint density at radius 2 is 1.72 bits per heavy atom. The van der Waals surface area contributed by atoms with E-state index in [0.717, 1.165) is 57.1 Å². The van der Waals surface area contributed by atoms with Crippen molar-refractivity contribution in [2.75, 3.05) is 19.6 Å². The zero-order valence-electron chi connectivity index (χ0n) is 21.0. The number of amides is 2. The van der Waals surface area contributed by atoms with Crippen molar-refractivity contribution in [1.82, 2.24) is 15.2 Å². The van der Waals surface area contributed by atoms with Gasteiger partial charge in [0.1, 0.15) is 0 Å². The predicted molar refractivity (Wildman–Crippen MR) is 143 cm³/mol. The molecule has 3 aliphatic rings. The molecule has 3 fully saturated rings. The number of fused-ring (bicyclic) bond motifs is 1. The van der Waals surface area contributed by atoms with E-state index in [-0.39, 0.29) is 23.2 Å². The van der Waals surface area contributed by atoms with Gasteiger partial charge in [-0.15, -0.1) is 0 Å². The molecule has 1 spiro atoms. The van der Waals surface area contributed by atoms with E-state index in [4.69, 9.17) is 0 Å². The molecule has 2 atom stereocenters. The maximum Gasteiger partial charge on any atom is 0.230 e. The molecule has 2 amide bonds. The number of rotatable bonds is 7. The largest absolute Gasteiger partial charge is 0.361 e.